The van der Waals surface area contributed by atoms with Gasteiger partial charge >= 0.3 is 0 Å². The Balaban J connectivity index is 0.00000208. The molecule has 130 valence electrons. The van der Waals surface area contributed by atoms with E-state index < -0.39 is 0 Å². The van der Waals surface area contributed by atoms with E-state index in [2.05, 4.69) is 17.4 Å². The summed E-state index contributed by atoms with van der Waals surface area (Å²) in [5.74, 6) is 2.61. The number of nitrogens with one attached hydrogen (secondary N) is 1. The first-order valence-corrected chi connectivity index (χ1v) is 8.50. The van der Waals surface area contributed by atoms with Crippen LogP contribution in [0.1, 0.15) is 24.8 Å². The number of benzene rings is 2. The molecule has 4 heteroatoms. The molecule has 2 aromatic rings. The zero-order chi connectivity index (χ0) is 15.7. The van der Waals surface area contributed by atoms with Gasteiger partial charge in [-0.2, -0.15) is 0 Å². The van der Waals surface area contributed by atoms with E-state index in [1.165, 1.54) is 18.4 Å². The van der Waals surface area contributed by atoms with Gasteiger partial charge in [0.2, 0.25) is 0 Å². The molecule has 0 amide bonds. The molecule has 24 heavy (non-hydrogen) atoms. The lowest BCUT2D eigenvalue weighted by Crippen LogP contribution is -2.28. The molecule has 3 nitrogen and oxygen atoms in total. The molecular weight excluding hydrogens is 322 g/mol. The van der Waals surface area contributed by atoms with E-state index >= 15 is 0 Å². The molecule has 1 heterocycles. The molecule has 1 aliphatic rings. The van der Waals surface area contributed by atoms with Gasteiger partial charge in [0.05, 0.1) is 6.61 Å². The molecule has 0 atom stereocenters. The summed E-state index contributed by atoms with van der Waals surface area (Å²) in [5, 5.41) is 3.40. The van der Waals surface area contributed by atoms with Crippen molar-refractivity contribution in [3.8, 4) is 11.5 Å². The Bertz CT molecular complexity index is 568. The monoisotopic (exact) mass is 347 g/mol. The number of piperidine rings is 1. The molecule has 0 spiro atoms. The Labute approximate surface area is 150 Å². The third kappa shape index (κ3) is 6.06. The van der Waals surface area contributed by atoms with Crippen molar-refractivity contribution in [2.75, 3.05) is 19.7 Å². The van der Waals surface area contributed by atoms with E-state index in [4.69, 9.17) is 9.47 Å². The van der Waals surface area contributed by atoms with Crippen LogP contribution in [0.25, 0.3) is 0 Å². The average Bonchev–Trinajstić information content (AvgIpc) is 2.63. The van der Waals surface area contributed by atoms with Crippen molar-refractivity contribution in [1.82, 2.24) is 5.32 Å². The van der Waals surface area contributed by atoms with Crippen LogP contribution in [0.4, 0.5) is 0 Å². The normalized spacial score (nSPS) is 14.7. The Morgan fingerprint density at radius 1 is 0.833 bits per heavy atom. The quantitative estimate of drug-likeness (QED) is 0.802. The number of ether oxygens (including phenoxy) is 2. The minimum absolute atomic E-state index is 0. The van der Waals surface area contributed by atoms with E-state index in [1.807, 2.05) is 42.5 Å². The van der Waals surface area contributed by atoms with E-state index in [0.29, 0.717) is 6.61 Å². The summed E-state index contributed by atoms with van der Waals surface area (Å²) in [6.45, 7) is 3.70. The fourth-order valence-electron chi connectivity index (χ4n) is 2.89. The van der Waals surface area contributed by atoms with E-state index in [9.17, 15) is 0 Å². The van der Waals surface area contributed by atoms with Crippen LogP contribution in [-0.4, -0.2) is 19.7 Å². The van der Waals surface area contributed by atoms with Gasteiger partial charge in [-0.1, -0.05) is 30.3 Å². The highest BCUT2D eigenvalue weighted by molar-refractivity contribution is 5.85. The first kappa shape index (κ1) is 18.6. The summed E-state index contributed by atoms with van der Waals surface area (Å²) in [7, 11) is 0. The minimum Gasteiger partial charge on any atom is -0.494 e. The van der Waals surface area contributed by atoms with Gasteiger partial charge in [0.1, 0.15) is 18.1 Å². The lowest BCUT2D eigenvalue weighted by atomic mass is 9.95. The van der Waals surface area contributed by atoms with Gasteiger partial charge in [0, 0.05) is 0 Å². The lowest BCUT2D eigenvalue weighted by molar-refractivity contribution is 0.251. The second kappa shape index (κ2) is 10.2. The van der Waals surface area contributed by atoms with Gasteiger partial charge in [-0.15, -0.1) is 12.4 Å². The highest BCUT2D eigenvalue weighted by atomic mass is 35.5. The van der Waals surface area contributed by atoms with Crippen molar-refractivity contribution in [2.24, 2.45) is 5.92 Å². The van der Waals surface area contributed by atoms with Gasteiger partial charge in [-0.05, 0) is 68.1 Å². The molecule has 0 saturated carbocycles. The van der Waals surface area contributed by atoms with Gasteiger partial charge in [-0.25, -0.2) is 0 Å². The maximum absolute atomic E-state index is 5.85. The summed E-state index contributed by atoms with van der Waals surface area (Å²) in [6.07, 6.45) is 3.69. The fraction of sp³-hybridized carbons (Fsp3) is 0.400. The molecule has 1 N–H and O–H groups in total. The van der Waals surface area contributed by atoms with Gasteiger partial charge in [-0.3, -0.25) is 0 Å². The standard InChI is InChI=1S/C20H25NO2.ClH/c1-2-4-18(5-3-1)16-23-20-8-6-19(7-9-20)22-15-12-17-10-13-21-14-11-17;/h1-9,17,21H,10-16H2;1H. The van der Waals surface area contributed by atoms with Crippen molar-refractivity contribution in [1.29, 1.82) is 0 Å². The maximum atomic E-state index is 5.85. The van der Waals surface area contributed by atoms with Crippen molar-refractivity contribution in [3.05, 3.63) is 60.2 Å². The zero-order valence-corrected chi connectivity index (χ0v) is 14.8. The maximum Gasteiger partial charge on any atom is 0.120 e. The van der Waals surface area contributed by atoms with Crippen LogP contribution in [0, 0.1) is 5.92 Å². The number of hydrogen-bond acceptors (Lipinski definition) is 3. The first-order chi connectivity index (χ1) is 11.4. The summed E-state index contributed by atoms with van der Waals surface area (Å²) < 4.78 is 11.6. The molecule has 1 saturated heterocycles. The molecule has 1 fully saturated rings. The molecule has 0 unspecified atom stereocenters. The van der Waals surface area contributed by atoms with Crippen LogP contribution in [0.5, 0.6) is 11.5 Å². The molecule has 0 radical (unpaired) electrons. The SMILES string of the molecule is Cl.c1ccc(COc2ccc(OCCC3CCNCC3)cc2)cc1. The van der Waals surface area contributed by atoms with Gasteiger partial charge in [0.15, 0.2) is 0 Å². The highest BCUT2D eigenvalue weighted by Crippen LogP contribution is 2.20. The molecule has 1 aliphatic heterocycles. The largest absolute Gasteiger partial charge is 0.494 e. The predicted molar refractivity (Wildman–Crippen MR) is 100 cm³/mol. The molecule has 2 aromatic carbocycles. The summed E-state index contributed by atoms with van der Waals surface area (Å²) in [5.41, 5.74) is 1.18. The van der Waals surface area contributed by atoms with Crippen LogP contribution in [0.2, 0.25) is 0 Å². The van der Waals surface area contributed by atoms with Gasteiger partial charge in [0.25, 0.3) is 0 Å². The Morgan fingerprint density at radius 2 is 1.46 bits per heavy atom. The predicted octanol–water partition coefficient (Wildman–Crippen LogP) is 4.46. The molecule has 3 rings (SSSR count). The fourth-order valence-corrected chi connectivity index (χ4v) is 2.89. The van der Waals surface area contributed by atoms with Crippen molar-refractivity contribution < 1.29 is 9.47 Å². The van der Waals surface area contributed by atoms with Crippen molar-refractivity contribution in [2.45, 2.75) is 25.9 Å². The number of halogens is 1. The van der Waals surface area contributed by atoms with Crippen LogP contribution >= 0.6 is 12.4 Å². The molecule has 0 aromatic heterocycles. The number of hydrogen-bond donors (Lipinski definition) is 1. The Hall–Kier alpha value is -1.71. The van der Waals surface area contributed by atoms with Gasteiger partial charge < -0.3 is 14.8 Å². The lowest BCUT2D eigenvalue weighted by Gasteiger charge is -2.22. The van der Waals surface area contributed by atoms with E-state index in [0.717, 1.165) is 43.5 Å². The van der Waals surface area contributed by atoms with Crippen LogP contribution in [0.3, 0.4) is 0 Å². The smallest absolute Gasteiger partial charge is 0.120 e. The van der Waals surface area contributed by atoms with E-state index in [1.54, 1.807) is 0 Å². The van der Waals surface area contributed by atoms with Crippen LogP contribution < -0.4 is 14.8 Å². The third-order valence-electron chi connectivity index (χ3n) is 4.33. The summed E-state index contributed by atoms with van der Waals surface area (Å²) in [4.78, 5) is 0. The first-order valence-electron chi connectivity index (χ1n) is 8.50. The third-order valence-corrected chi connectivity index (χ3v) is 4.33. The second-order valence-corrected chi connectivity index (χ2v) is 6.08. The second-order valence-electron chi connectivity index (χ2n) is 6.08. The zero-order valence-electron chi connectivity index (χ0n) is 13.9. The summed E-state index contributed by atoms with van der Waals surface area (Å²) >= 11 is 0. The van der Waals surface area contributed by atoms with Crippen molar-refractivity contribution >= 4 is 12.4 Å². The molecule has 0 aliphatic carbocycles. The molecule has 0 bridgehead atoms. The Kier molecular flexibility index (Phi) is 7.93. The Morgan fingerprint density at radius 3 is 2.12 bits per heavy atom. The molecular formula is C20H26ClNO2. The topological polar surface area (TPSA) is 30.5 Å². The minimum atomic E-state index is 0. The number of rotatable bonds is 7. The van der Waals surface area contributed by atoms with Crippen LogP contribution in [0.15, 0.2) is 54.6 Å². The van der Waals surface area contributed by atoms with Crippen LogP contribution in [-0.2, 0) is 6.61 Å². The highest BCUT2D eigenvalue weighted by Gasteiger charge is 2.12. The van der Waals surface area contributed by atoms with E-state index in [-0.39, 0.29) is 12.4 Å². The summed E-state index contributed by atoms with van der Waals surface area (Å²) in [6, 6.07) is 18.1. The average molecular weight is 348 g/mol. The van der Waals surface area contributed by atoms with Crippen molar-refractivity contribution in [3.63, 3.8) is 0 Å².